The predicted molar refractivity (Wildman–Crippen MR) is 120 cm³/mol. The number of β-amino-alcohol motifs (C(OH)–C–C–N with tert-alkyl or cyclic N) is 1. The average molecular weight is 424 g/mol. The highest BCUT2D eigenvalue weighted by Crippen LogP contribution is 2.45. The van der Waals surface area contributed by atoms with Crippen LogP contribution in [-0.4, -0.2) is 47.5 Å². The smallest absolute Gasteiger partial charge is 0.129 e. The first-order chi connectivity index (χ1) is 15.0. The largest absolute Gasteiger partial charge is 0.497 e. The number of hydrogen-bond donors (Lipinski definition) is 2. The molecule has 0 aromatic heterocycles. The van der Waals surface area contributed by atoms with Gasteiger partial charge in [0.2, 0.25) is 0 Å². The van der Waals surface area contributed by atoms with Crippen LogP contribution in [0.4, 0.5) is 0 Å². The number of likely N-dealkylation sites (tertiary alicyclic amines) is 1. The Hall–Kier alpha value is -2.08. The number of benzene rings is 2. The van der Waals surface area contributed by atoms with Crippen LogP contribution >= 0.6 is 0 Å². The number of hydrogen-bond acceptors (Lipinski definition) is 5. The average Bonchev–Trinajstić information content (AvgIpc) is 2.80. The molecule has 2 aromatic carbocycles. The summed E-state index contributed by atoms with van der Waals surface area (Å²) in [6.07, 6.45) is 6.16. The van der Waals surface area contributed by atoms with Crippen LogP contribution in [0.25, 0.3) is 0 Å². The van der Waals surface area contributed by atoms with Crippen LogP contribution in [0, 0.1) is 0 Å². The summed E-state index contributed by atoms with van der Waals surface area (Å²) in [4.78, 5) is 2.33. The molecule has 3 aliphatic rings. The molecule has 1 saturated heterocycles. The van der Waals surface area contributed by atoms with Gasteiger partial charge in [-0.15, -0.1) is 0 Å². The summed E-state index contributed by atoms with van der Waals surface area (Å²) in [6, 6.07) is 12.2. The van der Waals surface area contributed by atoms with E-state index in [0.29, 0.717) is 13.0 Å². The molecule has 2 unspecified atom stereocenters. The third-order valence-electron chi connectivity index (χ3n) is 7.43. The molecule has 166 valence electrons. The van der Waals surface area contributed by atoms with Crippen LogP contribution in [0.15, 0.2) is 36.4 Å². The van der Waals surface area contributed by atoms with E-state index in [2.05, 4.69) is 23.1 Å². The van der Waals surface area contributed by atoms with Crippen molar-refractivity contribution < 1.29 is 19.7 Å². The van der Waals surface area contributed by atoms with E-state index in [-0.39, 0.29) is 5.60 Å². The number of aryl methyl sites for hydroxylation is 2. The number of aliphatic hydroxyl groups is 2. The first-order valence-corrected chi connectivity index (χ1v) is 11.6. The second kappa shape index (κ2) is 8.45. The molecule has 0 saturated carbocycles. The molecule has 1 spiro atoms. The Labute approximate surface area is 184 Å². The molecular weight excluding hydrogens is 390 g/mol. The zero-order valence-electron chi connectivity index (χ0n) is 18.3. The Morgan fingerprint density at radius 3 is 2.65 bits per heavy atom. The van der Waals surface area contributed by atoms with Crippen LogP contribution < -0.4 is 9.47 Å². The van der Waals surface area contributed by atoms with Gasteiger partial charge in [0.15, 0.2) is 0 Å². The zero-order valence-corrected chi connectivity index (χ0v) is 18.3. The molecule has 0 radical (unpaired) electrons. The van der Waals surface area contributed by atoms with Gasteiger partial charge in [-0.1, -0.05) is 18.2 Å². The monoisotopic (exact) mass is 423 g/mol. The lowest BCUT2D eigenvalue weighted by molar-refractivity contribution is -0.0588. The maximum atomic E-state index is 10.9. The molecule has 2 aromatic rings. The Balaban J connectivity index is 1.22. The van der Waals surface area contributed by atoms with Crippen LogP contribution in [0.3, 0.4) is 0 Å². The number of aliphatic hydroxyl groups excluding tert-OH is 2. The number of fused-ring (bicyclic) bond motifs is 2. The van der Waals surface area contributed by atoms with Gasteiger partial charge >= 0.3 is 0 Å². The molecule has 2 atom stereocenters. The van der Waals surface area contributed by atoms with E-state index in [0.717, 1.165) is 55.0 Å². The first-order valence-electron chi connectivity index (χ1n) is 11.6. The zero-order chi connectivity index (χ0) is 21.4. The quantitative estimate of drug-likeness (QED) is 0.780. The van der Waals surface area contributed by atoms with Gasteiger partial charge in [0.1, 0.15) is 17.1 Å². The van der Waals surface area contributed by atoms with Crippen molar-refractivity contribution in [3.8, 4) is 11.5 Å². The summed E-state index contributed by atoms with van der Waals surface area (Å²) in [5.74, 6) is 1.48. The lowest BCUT2D eigenvalue weighted by atomic mass is 9.81. The lowest BCUT2D eigenvalue weighted by Gasteiger charge is -2.46. The minimum Gasteiger partial charge on any atom is -0.497 e. The molecule has 0 amide bonds. The van der Waals surface area contributed by atoms with Crippen LogP contribution in [0.5, 0.6) is 11.5 Å². The second-order valence-corrected chi connectivity index (χ2v) is 9.46. The molecule has 5 nitrogen and oxygen atoms in total. The molecule has 5 rings (SSSR count). The molecule has 2 aliphatic heterocycles. The highest BCUT2D eigenvalue weighted by Gasteiger charge is 2.43. The van der Waals surface area contributed by atoms with Crippen molar-refractivity contribution in [1.29, 1.82) is 0 Å². The van der Waals surface area contributed by atoms with E-state index >= 15 is 0 Å². The summed E-state index contributed by atoms with van der Waals surface area (Å²) in [7, 11) is 1.64. The third kappa shape index (κ3) is 4.19. The van der Waals surface area contributed by atoms with E-state index in [1.807, 2.05) is 18.2 Å². The number of piperidine rings is 1. The van der Waals surface area contributed by atoms with Gasteiger partial charge in [0.25, 0.3) is 0 Å². The second-order valence-electron chi connectivity index (χ2n) is 9.46. The Kier molecular flexibility index (Phi) is 5.67. The molecule has 0 bridgehead atoms. The van der Waals surface area contributed by atoms with E-state index in [1.54, 1.807) is 7.11 Å². The van der Waals surface area contributed by atoms with Gasteiger partial charge in [-0.2, -0.15) is 0 Å². The van der Waals surface area contributed by atoms with Crippen molar-refractivity contribution in [1.82, 2.24) is 4.90 Å². The fourth-order valence-electron chi connectivity index (χ4n) is 5.50. The standard InChI is InChI=1S/C26H33NO4/c1-30-21-8-9-22-23(28)16-26(31-25(22)15-21)10-12-27(13-11-26)17-24(29)20-7-6-18-4-2-3-5-19(18)14-20/h6-9,14-15,23-24,28-29H,2-5,10-13,16-17H2,1H3. The van der Waals surface area contributed by atoms with Crippen molar-refractivity contribution >= 4 is 0 Å². The molecular formula is C26H33NO4. The van der Waals surface area contributed by atoms with Crippen LogP contribution in [0.2, 0.25) is 0 Å². The molecule has 2 heterocycles. The third-order valence-corrected chi connectivity index (χ3v) is 7.43. The Morgan fingerprint density at radius 1 is 1.10 bits per heavy atom. The number of rotatable bonds is 4. The number of methoxy groups -OCH3 is 1. The van der Waals surface area contributed by atoms with E-state index < -0.39 is 12.2 Å². The van der Waals surface area contributed by atoms with Crippen molar-refractivity contribution in [3.05, 3.63) is 58.7 Å². The van der Waals surface area contributed by atoms with Gasteiger partial charge in [-0.05, 0) is 67.3 Å². The minimum absolute atomic E-state index is 0.341. The Bertz CT molecular complexity index is 935. The topological polar surface area (TPSA) is 62.2 Å². The highest BCUT2D eigenvalue weighted by molar-refractivity contribution is 5.44. The summed E-state index contributed by atoms with van der Waals surface area (Å²) < 4.78 is 11.8. The number of nitrogens with zero attached hydrogens (tertiary/aromatic N) is 1. The Morgan fingerprint density at radius 2 is 1.87 bits per heavy atom. The van der Waals surface area contributed by atoms with Gasteiger partial charge < -0.3 is 24.6 Å². The van der Waals surface area contributed by atoms with Crippen molar-refractivity contribution in [2.75, 3.05) is 26.7 Å². The molecule has 31 heavy (non-hydrogen) atoms. The van der Waals surface area contributed by atoms with Crippen molar-refractivity contribution in [2.24, 2.45) is 0 Å². The summed E-state index contributed by atoms with van der Waals surface area (Å²) in [6.45, 7) is 2.35. The first kappa shape index (κ1) is 20.8. The van der Waals surface area contributed by atoms with Gasteiger partial charge in [-0.25, -0.2) is 0 Å². The van der Waals surface area contributed by atoms with Gasteiger partial charge in [-0.3, -0.25) is 0 Å². The van der Waals surface area contributed by atoms with Gasteiger partial charge in [0.05, 0.1) is 19.3 Å². The lowest BCUT2D eigenvalue weighted by Crippen LogP contribution is -2.51. The highest BCUT2D eigenvalue weighted by atomic mass is 16.5. The van der Waals surface area contributed by atoms with Gasteiger partial charge in [0, 0.05) is 37.7 Å². The van der Waals surface area contributed by atoms with E-state index in [4.69, 9.17) is 9.47 Å². The maximum absolute atomic E-state index is 10.9. The minimum atomic E-state index is -0.512. The molecule has 1 aliphatic carbocycles. The normalized spacial score (nSPS) is 23.5. The molecule has 2 N–H and O–H groups in total. The fourth-order valence-corrected chi connectivity index (χ4v) is 5.50. The van der Waals surface area contributed by atoms with E-state index in [9.17, 15) is 10.2 Å². The molecule has 1 fully saturated rings. The molecule has 5 heteroatoms. The maximum Gasteiger partial charge on any atom is 0.129 e. The SMILES string of the molecule is COc1ccc2c(c1)OC1(CCN(CC(O)c3ccc4c(c3)CCCC4)CC1)CC2O. The fraction of sp³-hybridized carbons (Fsp3) is 0.538. The summed E-state index contributed by atoms with van der Waals surface area (Å²) in [5.41, 5.74) is 4.40. The number of ether oxygens (including phenoxy) is 2. The van der Waals surface area contributed by atoms with E-state index in [1.165, 1.54) is 30.4 Å². The van der Waals surface area contributed by atoms with Crippen LogP contribution in [0.1, 0.15) is 66.6 Å². The van der Waals surface area contributed by atoms with Crippen LogP contribution in [-0.2, 0) is 12.8 Å². The summed E-state index contributed by atoms with van der Waals surface area (Å²) in [5, 5.41) is 21.6. The van der Waals surface area contributed by atoms with Crippen molar-refractivity contribution in [3.63, 3.8) is 0 Å². The van der Waals surface area contributed by atoms with Crippen molar-refractivity contribution in [2.45, 2.75) is 62.8 Å². The summed E-state index contributed by atoms with van der Waals surface area (Å²) >= 11 is 0. The predicted octanol–water partition coefficient (Wildman–Crippen LogP) is 3.96.